The summed E-state index contributed by atoms with van der Waals surface area (Å²) in [6.45, 7) is 22.3. The third-order valence-electron chi connectivity index (χ3n) is 5.96. The van der Waals surface area contributed by atoms with E-state index in [1.165, 1.54) is 22.3 Å². The Morgan fingerprint density at radius 3 is 1.23 bits per heavy atom. The van der Waals surface area contributed by atoms with Gasteiger partial charge in [0.2, 0.25) is 0 Å². The van der Waals surface area contributed by atoms with E-state index in [1.807, 2.05) is 0 Å². The highest BCUT2D eigenvalue weighted by Crippen LogP contribution is 2.37. The summed E-state index contributed by atoms with van der Waals surface area (Å²) in [5, 5.41) is 0. The lowest BCUT2D eigenvalue weighted by molar-refractivity contribution is 0.833. The minimum absolute atomic E-state index is 0.432. The second-order valence-corrected chi connectivity index (χ2v) is 9.80. The zero-order valence-electron chi connectivity index (χ0n) is 21.4. The molecule has 0 saturated carbocycles. The number of benzene rings is 2. The van der Waals surface area contributed by atoms with Gasteiger partial charge in [-0.15, -0.1) is 0 Å². The van der Waals surface area contributed by atoms with E-state index >= 15 is 0 Å². The fraction of sp³-hybridized carbons (Fsp3) is 0.517. The van der Waals surface area contributed by atoms with Gasteiger partial charge in [0.1, 0.15) is 0 Å². The number of rotatable bonds is 8. The molecule has 0 atom stereocenters. The van der Waals surface area contributed by atoms with Gasteiger partial charge in [0, 0.05) is 0 Å². The lowest BCUT2D eigenvalue weighted by Crippen LogP contribution is -2.10. The van der Waals surface area contributed by atoms with Crippen molar-refractivity contribution in [2.45, 2.75) is 99.3 Å². The molecule has 0 saturated heterocycles. The van der Waals surface area contributed by atoms with E-state index in [0.717, 1.165) is 29.2 Å². The SMILES string of the molecule is CCC(=Nc1c(C(C)C)cccc1C(C)C)C(C)=Nc1c(C(C)C)cccc1C(C)C. The van der Waals surface area contributed by atoms with E-state index in [1.54, 1.807) is 0 Å². The number of hydrogen-bond donors (Lipinski definition) is 0. The molecule has 31 heavy (non-hydrogen) atoms. The summed E-state index contributed by atoms with van der Waals surface area (Å²) in [4.78, 5) is 10.5. The van der Waals surface area contributed by atoms with Gasteiger partial charge >= 0.3 is 0 Å². The van der Waals surface area contributed by atoms with Crippen molar-refractivity contribution in [3.8, 4) is 0 Å². The smallest absolute Gasteiger partial charge is 0.0702 e. The molecule has 0 aliphatic rings. The van der Waals surface area contributed by atoms with Gasteiger partial charge in [-0.1, -0.05) is 98.7 Å². The minimum Gasteiger partial charge on any atom is -0.251 e. The van der Waals surface area contributed by atoms with Crippen molar-refractivity contribution in [2.24, 2.45) is 9.98 Å². The van der Waals surface area contributed by atoms with Crippen LogP contribution < -0.4 is 0 Å². The summed E-state index contributed by atoms with van der Waals surface area (Å²) >= 11 is 0. The average Bonchev–Trinajstić information content (AvgIpc) is 2.71. The van der Waals surface area contributed by atoms with Crippen molar-refractivity contribution in [3.63, 3.8) is 0 Å². The summed E-state index contributed by atoms with van der Waals surface area (Å²) < 4.78 is 0. The van der Waals surface area contributed by atoms with Gasteiger partial charge in [0.25, 0.3) is 0 Å². The Kier molecular flexibility index (Phi) is 8.79. The largest absolute Gasteiger partial charge is 0.251 e. The second-order valence-electron chi connectivity index (χ2n) is 9.80. The van der Waals surface area contributed by atoms with Crippen LogP contribution in [0, 0.1) is 0 Å². The molecule has 0 unspecified atom stereocenters. The van der Waals surface area contributed by atoms with Gasteiger partial charge in [-0.2, -0.15) is 0 Å². The van der Waals surface area contributed by atoms with E-state index in [9.17, 15) is 0 Å². The topological polar surface area (TPSA) is 24.7 Å². The first kappa shape index (κ1) is 25.0. The fourth-order valence-electron chi connectivity index (χ4n) is 4.06. The molecule has 0 fully saturated rings. The molecule has 0 aliphatic heterocycles. The summed E-state index contributed by atoms with van der Waals surface area (Å²) in [7, 11) is 0. The molecule has 2 heteroatoms. The highest BCUT2D eigenvalue weighted by atomic mass is 14.8. The fourth-order valence-corrected chi connectivity index (χ4v) is 4.06. The van der Waals surface area contributed by atoms with Gasteiger partial charge in [0.15, 0.2) is 0 Å². The number of hydrogen-bond acceptors (Lipinski definition) is 2. The van der Waals surface area contributed by atoms with Gasteiger partial charge in [-0.25, -0.2) is 0 Å². The average molecular weight is 419 g/mol. The van der Waals surface area contributed by atoms with E-state index in [-0.39, 0.29) is 0 Å². The van der Waals surface area contributed by atoms with Crippen LogP contribution in [0.3, 0.4) is 0 Å². The molecule has 0 heterocycles. The van der Waals surface area contributed by atoms with Crippen molar-refractivity contribution < 1.29 is 0 Å². The number of nitrogens with zero attached hydrogens (tertiary/aromatic N) is 2. The molecule has 0 spiro atoms. The third kappa shape index (κ3) is 5.93. The molecule has 0 N–H and O–H groups in total. The maximum Gasteiger partial charge on any atom is 0.0702 e. The minimum atomic E-state index is 0.432. The lowest BCUT2D eigenvalue weighted by Gasteiger charge is -2.19. The first-order valence-corrected chi connectivity index (χ1v) is 12.0. The zero-order chi connectivity index (χ0) is 23.3. The summed E-state index contributed by atoms with van der Waals surface area (Å²) in [6.07, 6.45) is 0.861. The Bertz CT molecular complexity index is 891. The summed E-state index contributed by atoms with van der Waals surface area (Å²) in [6, 6.07) is 13.2. The highest BCUT2D eigenvalue weighted by molar-refractivity contribution is 6.42. The van der Waals surface area contributed by atoms with Crippen LogP contribution in [0.15, 0.2) is 46.4 Å². The van der Waals surface area contributed by atoms with Crippen molar-refractivity contribution in [3.05, 3.63) is 58.7 Å². The van der Waals surface area contributed by atoms with E-state index in [0.29, 0.717) is 23.7 Å². The molecule has 2 aromatic carbocycles. The Morgan fingerprint density at radius 1 is 0.613 bits per heavy atom. The third-order valence-corrected chi connectivity index (χ3v) is 5.96. The molecule has 0 bridgehead atoms. The van der Waals surface area contributed by atoms with Crippen LogP contribution in [0.4, 0.5) is 11.4 Å². The van der Waals surface area contributed by atoms with Gasteiger partial charge in [-0.05, 0) is 59.3 Å². The van der Waals surface area contributed by atoms with Gasteiger partial charge in [0.05, 0.1) is 22.8 Å². The monoisotopic (exact) mass is 418 g/mol. The summed E-state index contributed by atoms with van der Waals surface area (Å²) in [5.41, 5.74) is 9.62. The predicted octanol–water partition coefficient (Wildman–Crippen LogP) is 9.46. The number of para-hydroxylation sites is 2. The van der Waals surface area contributed by atoms with Crippen LogP contribution in [0.2, 0.25) is 0 Å². The van der Waals surface area contributed by atoms with Gasteiger partial charge < -0.3 is 0 Å². The molecule has 2 nitrogen and oxygen atoms in total. The van der Waals surface area contributed by atoms with E-state index in [4.69, 9.17) is 9.98 Å². The molecule has 0 aliphatic carbocycles. The molecule has 0 aromatic heterocycles. The standard InChI is InChI=1S/C29H42N2/c1-11-27(31-29-25(20(6)7)16-13-17-26(29)21(8)9)22(10)30-28-23(18(2)3)14-12-15-24(28)19(4)5/h12-21H,11H2,1-10H3. The van der Waals surface area contributed by atoms with Crippen LogP contribution in [0.25, 0.3) is 0 Å². The van der Waals surface area contributed by atoms with E-state index in [2.05, 4.69) is 106 Å². The first-order chi connectivity index (χ1) is 14.6. The molecule has 168 valence electrons. The maximum atomic E-state index is 5.25. The normalized spacial score (nSPS) is 13.2. The Labute approximate surface area is 190 Å². The first-order valence-electron chi connectivity index (χ1n) is 12.0. The van der Waals surface area contributed by atoms with Crippen LogP contribution in [-0.4, -0.2) is 11.4 Å². The lowest BCUT2D eigenvalue weighted by atomic mass is 9.92. The predicted molar refractivity (Wildman–Crippen MR) is 139 cm³/mol. The molecular weight excluding hydrogens is 376 g/mol. The van der Waals surface area contributed by atoms with Crippen LogP contribution in [-0.2, 0) is 0 Å². The highest BCUT2D eigenvalue weighted by Gasteiger charge is 2.17. The van der Waals surface area contributed by atoms with Crippen LogP contribution in [0.5, 0.6) is 0 Å². The molecule has 0 amide bonds. The van der Waals surface area contributed by atoms with E-state index < -0.39 is 0 Å². The molecular formula is C29H42N2. The second kappa shape index (κ2) is 10.9. The molecule has 0 radical (unpaired) electrons. The van der Waals surface area contributed by atoms with Crippen molar-refractivity contribution in [1.82, 2.24) is 0 Å². The Balaban J connectivity index is 2.70. The molecule has 2 aromatic rings. The number of aliphatic imine (C=N–C) groups is 2. The summed E-state index contributed by atoms with van der Waals surface area (Å²) in [5.74, 6) is 1.73. The quantitative estimate of drug-likeness (QED) is 0.381. The van der Waals surface area contributed by atoms with Crippen molar-refractivity contribution in [2.75, 3.05) is 0 Å². The zero-order valence-corrected chi connectivity index (χ0v) is 21.4. The van der Waals surface area contributed by atoms with Gasteiger partial charge in [-0.3, -0.25) is 9.98 Å². The van der Waals surface area contributed by atoms with Crippen LogP contribution in [0.1, 0.15) is 122 Å². The van der Waals surface area contributed by atoms with Crippen molar-refractivity contribution in [1.29, 1.82) is 0 Å². The van der Waals surface area contributed by atoms with Crippen LogP contribution >= 0.6 is 0 Å². The maximum absolute atomic E-state index is 5.25. The Morgan fingerprint density at radius 2 is 0.935 bits per heavy atom. The van der Waals surface area contributed by atoms with Crippen molar-refractivity contribution >= 4 is 22.8 Å². The Hall–Kier alpha value is -2.22. The molecule has 2 rings (SSSR count).